The van der Waals surface area contributed by atoms with Crippen molar-refractivity contribution >= 4 is 0 Å². The second kappa shape index (κ2) is 6.94. The molecule has 0 aromatic heterocycles. The van der Waals surface area contributed by atoms with E-state index >= 15 is 0 Å². The minimum Gasteiger partial charge on any atom is -0.376 e. The van der Waals surface area contributed by atoms with Crippen LogP contribution in [0.4, 0.5) is 0 Å². The van der Waals surface area contributed by atoms with E-state index in [9.17, 15) is 0 Å². The van der Waals surface area contributed by atoms with Crippen molar-refractivity contribution in [3.05, 3.63) is 0 Å². The van der Waals surface area contributed by atoms with E-state index in [0.29, 0.717) is 6.61 Å². The zero-order chi connectivity index (χ0) is 10.2. The van der Waals surface area contributed by atoms with Crippen LogP contribution in [0.25, 0.3) is 0 Å². The average molecular weight is 184 g/mol. The second-order valence-electron chi connectivity index (χ2n) is 3.92. The van der Waals surface area contributed by atoms with Crippen molar-refractivity contribution in [1.29, 1.82) is 0 Å². The van der Waals surface area contributed by atoms with Gasteiger partial charge in [0.05, 0.1) is 5.60 Å². The molecule has 0 aromatic rings. The molecule has 0 N–H and O–H groups in total. The van der Waals surface area contributed by atoms with Gasteiger partial charge in [0.25, 0.3) is 0 Å². The van der Waals surface area contributed by atoms with Crippen molar-refractivity contribution in [2.75, 3.05) is 19.8 Å². The van der Waals surface area contributed by atoms with E-state index in [1.165, 1.54) is 0 Å². The summed E-state index contributed by atoms with van der Waals surface area (Å²) in [4.78, 5) is 0. The summed E-state index contributed by atoms with van der Waals surface area (Å²) in [5.41, 5.74) is -0.0281. The Kier molecular flexibility index (Phi) is 6.66. The lowest BCUT2D eigenvalue weighted by Crippen LogP contribution is -2.19. The van der Waals surface area contributed by atoms with Gasteiger partial charge >= 0.3 is 0 Å². The summed E-state index contributed by atoms with van der Waals surface area (Å²) in [6, 6.07) is 0. The molecule has 0 aliphatic heterocycles. The topological polar surface area (TPSA) is 18.5 Å². The Bertz CT molecular complexity index is 150. The fourth-order valence-corrected chi connectivity index (χ4v) is 0.816. The fourth-order valence-electron chi connectivity index (χ4n) is 0.816. The summed E-state index contributed by atoms with van der Waals surface area (Å²) in [6.45, 7) is 8.12. The Morgan fingerprint density at radius 3 is 2.31 bits per heavy atom. The fraction of sp³-hybridized carbons (Fsp3) is 0.818. The minimum absolute atomic E-state index is 0.0281. The van der Waals surface area contributed by atoms with Crippen LogP contribution in [-0.2, 0) is 9.47 Å². The quantitative estimate of drug-likeness (QED) is 0.465. The maximum absolute atomic E-state index is 5.54. The van der Waals surface area contributed by atoms with Crippen molar-refractivity contribution < 1.29 is 9.47 Å². The highest BCUT2D eigenvalue weighted by Crippen LogP contribution is 2.07. The molecule has 0 aliphatic rings. The molecule has 13 heavy (non-hydrogen) atoms. The predicted octanol–water partition coefficient (Wildman–Crippen LogP) is 2.23. The molecular weight excluding hydrogens is 164 g/mol. The molecule has 0 heterocycles. The molecule has 0 saturated heterocycles. The maximum Gasteiger partial charge on any atom is 0.107 e. The Labute approximate surface area is 81.6 Å². The molecule has 0 amide bonds. The monoisotopic (exact) mass is 184 g/mol. The molecule has 2 heteroatoms. The van der Waals surface area contributed by atoms with Crippen molar-refractivity contribution in [2.45, 2.75) is 39.2 Å². The third kappa shape index (κ3) is 11.5. The molecule has 0 aromatic carbocycles. The highest BCUT2D eigenvalue weighted by molar-refractivity contribution is 4.82. The van der Waals surface area contributed by atoms with Crippen molar-refractivity contribution in [3.8, 4) is 12.3 Å². The van der Waals surface area contributed by atoms with Gasteiger partial charge in [-0.15, -0.1) is 6.42 Å². The van der Waals surface area contributed by atoms with Gasteiger partial charge in [-0.25, -0.2) is 0 Å². The highest BCUT2D eigenvalue weighted by Gasteiger charge is 2.08. The average Bonchev–Trinajstić information content (AvgIpc) is 2.01. The van der Waals surface area contributed by atoms with Crippen LogP contribution in [0.3, 0.4) is 0 Å². The van der Waals surface area contributed by atoms with E-state index in [0.717, 1.165) is 26.1 Å². The Morgan fingerprint density at radius 2 is 1.77 bits per heavy atom. The Hall–Kier alpha value is -0.520. The van der Waals surface area contributed by atoms with Crippen LogP contribution < -0.4 is 0 Å². The van der Waals surface area contributed by atoms with Crippen LogP contribution in [0.15, 0.2) is 0 Å². The lowest BCUT2D eigenvalue weighted by molar-refractivity contribution is -0.00679. The smallest absolute Gasteiger partial charge is 0.107 e. The van der Waals surface area contributed by atoms with E-state index < -0.39 is 0 Å². The van der Waals surface area contributed by atoms with Crippen LogP contribution in [0.2, 0.25) is 0 Å². The molecule has 0 aliphatic carbocycles. The third-order valence-electron chi connectivity index (χ3n) is 1.40. The maximum atomic E-state index is 5.54. The molecule has 0 fully saturated rings. The summed E-state index contributed by atoms with van der Waals surface area (Å²) < 4.78 is 10.7. The van der Waals surface area contributed by atoms with E-state index in [1.54, 1.807) is 0 Å². The number of terminal acetylenes is 1. The van der Waals surface area contributed by atoms with Gasteiger partial charge in [-0.05, 0) is 33.6 Å². The first kappa shape index (κ1) is 12.5. The van der Waals surface area contributed by atoms with Crippen molar-refractivity contribution in [1.82, 2.24) is 0 Å². The molecule has 0 bridgehead atoms. The number of hydrogen-bond acceptors (Lipinski definition) is 2. The van der Waals surface area contributed by atoms with Gasteiger partial charge in [-0.3, -0.25) is 0 Å². The molecule has 0 atom stereocenters. The normalized spacial score (nSPS) is 11.2. The summed E-state index contributed by atoms with van der Waals surface area (Å²) in [5, 5.41) is 0. The van der Waals surface area contributed by atoms with Gasteiger partial charge in [0.1, 0.15) is 6.61 Å². The number of ether oxygens (including phenoxy) is 2. The Morgan fingerprint density at radius 1 is 1.15 bits per heavy atom. The lowest BCUT2D eigenvalue weighted by Gasteiger charge is -2.19. The molecule has 0 unspecified atom stereocenters. The standard InChI is InChI=1S/C11H20O2/c1-5-8-12-9-6-7-10-13-11(2,3)4/h1H,6-10H2,2-4H3. The third-order valence-corrected chi connectivity index (χ3v) is 1.40. The molecule has 0 rings (SSSR count). The summed E-state index contributed by atoms with van der Waals surface area (Å²) >= 11 is 0. The number of rotatable bonds is 6. The van der Waals surface area contributed by atoms with Gasteiger partial charge in [0, 0.05) is 13.2 Å². The van der Waals surface area contributed by atoms with E-state index in [4.69, 9.17) is 15.9 Å². The SMILES string of the molecule is C#CCOCCCCOC(C)(C)C. The summed E-state index contributed by atoms with van der Waals surface area (Å²) in [6.07, 6.45) is 7.07. The predicted molar refractivity (Wildman–Crippen MR) is 54.6 cm³/mol. The molecular formula is C11H20O2. The number of hydrogen-bond donors (Lipinski definition) is 0. The summed E-state index contributed by atoms with van der Waals surface area (Å²) in [5.74, 6) is 2.43. The summed E-state index contributed by atoms with van der Waals surface area (Å²) in [7, 11) is 0. The first-order chi connectivity index (χ1) is 6.06. The minimum atomic E-state index is -0.0281. The lowest BCUT2D eigenvalue weighted by atomic mass is 10.2. The molecule has 0 radical (unpaired) electrons. The van der Waals surface area contributed by atoms with E-state index in [-0.39, 0.29) is 5.60 Å². The van der Waals surface area contributed by atoms with Gasteiger partial charge in [-0.2, -0.15) is 0 Å². The number of unbranched alkanes of at least 4 members (excludes halogenated alkanes) is 1. The van der Waals surface area contributed by atoms with Gasteiger partial charge in [0.15, 0.2) is 0 Å². The van der Waals surface area contributed by atoms with E-state index in [1.807, 2.05) is 0 Å². The van der Waals surface area contributed by atoms with Crippen LogP contribution in [0.5, 0.6) is 0 Å². The van der Waals surface area contributed by atoms with E-state index in [2.05, 4.69) is 26.7 Å². The van der Waals surface area contributed by atoms with Gasteiger partial charge in [0.2, 0.25) is 0 Å². The van der Waals surface area contributed by atoms with Crippen LogP contribution in [0, 0.1) is 12.3 Å². The van der Waals surface area contributed by atoms with Crippen molar-refractivity contribution in [2.24, 2.45) is 0 Å². The molecule has 0 spiro atoms. The molecule has 76 valence electrons. The molecule has 2 nitrogen and oxygen atoms in total. The van der Waals surface area contributed by atoms with Crippen LogP contribution in [-0.4, -0.2) is 25.4 Å². The van der Waals surface area contributed by atoms with Crippen LogP contribution >= 0.6 is 0 Å². The zero-order valence-electron chi connectivity index (χ0n) is 8.93. The molecule has 0 saturated carbocycles. The van der Waals surface area contributed by atoms with Gasteiger partial charge < -0.3 is 9.47 Å². The second-order valence-corrected chi connectivity index (χ2v) is 3.92. The largest absolute Gasteiger partial charge is 0.376 e. The van der Waals surface area contributed by atoms with Crippen molar-refractivity contribution in [3.63, 3.8) is 0 Å². The van der Waals surface area contributed by atoms with Crippen LogP contribution in [0.1, 0.15) is 33.6 Å². The highest BCUT2D eigenvalue weighted by atomic mass is 16.5. The first-order valence-electron chi connectivity index (χ1n) is 4.71. The first-order valence-corrected chi connectivity index (χ1v) is 4.71. The van der Waals surface area contributed by atoms with Gasteiger partial charge in [-0.1, -0.05) is 5.92 Å². The zero-order valence-corrected chi connectivity index (χ0v) is 8.93. The Balaban J connectivity index is 3.05.